The molecular formula is C16H28N2O. The van der Waals surface area contributed by atoms with Crippen molar-refractivity contribution in [2.75, 3.05) is 32.1 Å². The number of benzene rings is 1. The molecule has 0 spiro atoms. The number of unbranched alkanes of at least 4 members (excludes halogenated alkanes) is 1. The van der Waals surface area contributed by atoms with Crippen LogP contribution in [-0.2, 0) is 0 Å². The summed E-state index contributed by atoms with van der Waals surface area (Å²) in [5, 5.41) is 0. The summed E-state index contributed by atoms with van der Waals surface area (Å²) in [6.45, 7) is 6.30. The van der Waals surface area contributed by atoms with Gasteiger partial charge in [-0.2, -0.15) is 0 Å². The van der Waals surface area contributed by atoms with E-state index in [0.717, 1.165) is 18.8 Å². The molecule has 19 heavy (non-hydrogen) atoms. The van der Waals surface area contributed by atoms with E-state index in [4.69, 9.17) is 10.5 Å². The zero-order valence-electron chi connectivity index (χ0n) is 12.8. The highest BCUT2D eigenvalue weighted by molar-refractivity contribution is 5.49. The summed E-state index contributed by atoms with van der Waals surface area (Å²) in [5.74, 6) is 0.911. The molecule has 0 unspecified atom stereocenters. The van der Waals surface area contributed by atoms with Crippen LogP contribution in [0.1, 0.15) is 33.1 Å². The second kappa shape index (κ2) is 7.39. The molecule has 3 heteroatoms. The van der Waals surface area contributed by atoms with Crippen LogP contribution >= 0.6 is 0 Å². The summed E-state index contributed by atoms with van der Waals surface area (Å²) in [5.41, 5.74) is 7.23. The van der Waals surface area contributed by atoms with E-state index in [0.29, 0.717) is 0 Å². The van der Waals surface area contributed by atoms with Gasteiger partial charge in [0.2, 0.25) is 0 Å². The largest absolute Gasteiger partial charge is 0.497 e. The number of ether oxygens (including phenoxy) is 1. The molecule has 108 valence electrons. The van der Waals surface area contributed by atoms with Crippen molar-refractivity contribution >= 4 is 5.69 Å². The zero-order valence-corrected chi connectivity index (χ0v) is 12.8. The minimum atomic E-state index is 0.272. The van der Waals surface area contributed by atoms with Crippen LogP contribution in [0.15, 0.2) is 24.3 Å². The Hall–Kier alpha value is -1.22. The smallest absolute Gasteiger partial charge is 0.120 e. The molecule has 0 aliphatic heterocycles. The van der Waals surface area contributed by atoms with Crippen molar-refractivity contribution in [1.82, 2.24) is 0 Å². The molecule has 0 saturated heterocycles. The van der Waals surface area contributed by atoms with Gasteiger partial charge >= 0.3 is 0 Å². The van der Waals surface area contributed by atoms with Crippen LogP contribution in [0.5, 0.6) is 5.75 Å². The van der Waals surface area contributed by atoms with Crippen molar-refractivity contribution in [3.63, 3.8) is 0 Å². The first-order valence-electron chi connectivity index (χ1n) is 7.04. The Labute approximate surface area is 117 Å². The Morgan fingerprint density at radius 3 is 2.63 bits per heavy atom. The molecule has 0 amide bonds. The van der Waals surface area contributed by atoms with Crippen molar-refractivity contribution in [3.8, 4) is 5.75 Å². The summed E-state index contributed by atoms with van der Waals surface area (Å²) in [6.07, 6.45) is 3.60. The molecule has 0 aromatic heterocycles. The predicted octanol–water partition coefficient (Wildman–Crippen LogP) is 3.29. The average molecular weight is 264 g/mol. The summed E-state index contributed by atoms with van der Waals surface area (Å²) in [7, 11) is 3.83. The van der Waals surface area contributed by atoms with E-state index >= 15 is 0 Å². The van der Waals surface area contributed by atoms with Crippen molar-refractivity contribution in [1.29, 1.82) is 0 Å². The van der Waals surface area contributed by atoms with E-state index in [-0.39, 0.29) is 5.41 Å². The van der Waals surface area contributed by atoms with Gasteiger partial charge < -0.3 is 15.4 Å². The molecule has 0 aliphatic rings. The first kappa shape index (κ1) is 15.8. The molecule has 0 bridgehead atoms. The molecule has 0 atom stereocenters. The third-order valence-electron chi connectivity index (χ3n) is 3.64. The maximum atomic E-state index is 5.75. The fraction of sp³-hybridized carbons (Fsp3) is 0.625. The van der Waals surface area contributed by atoms with Gasteiger partial charge in [-0.25, -0.2) is 0 Å². The minimum Gasteiger partial charge on any atom is -0.497 e. The number of hydrogen-bond acceptors (Lipinski definition) is 3. The van der Waals surface area contributed by atoms with Crippen LogP contribution < -0.4 is 15.4 Å². The number of rotatable bonds is 8. The van der Waals surface area contributed by atoms with Crippen molar-refractivity contribution in [2.45, 2.75) is 33.1 Å². The number of hydrogen-bond donors (Lipinski definition) is 1. The fourth-order valence-corrected chi connectivity index (χ4v) is 2.03. The van der Waals surface area contributed by atoms with Crippen LogP contribution in [0.4, 0.5) is 5.69 Å². The standard InChI is InChI=1S/C16H28N2O/c1-16(2,13-17)10-5-6-11-18(3)14-8-7-9-15(12-14)19-4/h7-9,12H,5-6,10-11,13,17H2,1-4H3. The average Bonchev–Trinajstić information content (AvgIpc) is 2.43. The topological polar surface area (TPSA) is 38.5 Å². The van der Waals surface area contributed by atoms with Crippen molar-refractivity contribution in [2.24, 2.45) is 11.1 Å². The third-order valence-corrected chi connectivity index (χ3v) is 3.64. The molecule has 1 aromatic rings. The molecule has 2 N–H and O–H groups in total. The molecule has 1 aromatic carbocycles. The Balaban J connectivity index is 2.36. The molecule has 0 aliphatic carbocycles. The van der Waals surface area contributed by atoms with E-state index in [2.05, 4.69) is 37.9 Å². The summed E-state index contributed by atoms with van der Waals surface area (Å²) < 4.78 is 5.25. The first-order valence-corrected chi connectivity index (χ1v) is 7.04. The Morgan fingerprint density at radius 2 is 2.00 bits per heavy atom. The highest BCUT2D eigenvalue weighted by Gasteiger charge is 2.14. The monoisotopic (exact) mass is 264 g/mol. The molecule has 0 heterocycles. The lowest BCUT2D eigenvalue weighted by molar-refractivity contribution is 0.333. The maximum Gasteiger partial charge on any atom is 0.120 e. The number of nitrogens with two attached hydrogens (primary N) is 1. The van der Waals surface area contributed by atoms with E-state index in [1.54, 1.807) is 7.11 Å². The first-order chi connectivity index (χ1) is 8.98. The lowest BCUT2D eigenvalue weighted by Crippen LogP contribution is -2.24. The third kappa shape index (κ3) is 5.52. The lowest BCUT2D eigenvalue weighted by Gasteiger charge is -2.24. The summed E-state index contributed by atoms with van der Waals surface area (Å²) >= 11 is 0. The predicted molar refractivity (Wildman–Crippen MR) is 83.0 cm³/mol. The van der Waals surface area contributed by atoms with E-state index < -0.39 is 0 Å². The van der Waals surface area contributed by atoms with Gasteiger partial charge in [0.05, 0.1) is 7.11 Å². The molecule has 1 rings (SSSR count). The molecule has 0 radical (unpaired) electrons. The highest BCUT2D eigenvalue weighted by atomic mass is 16.5. The Kier molecular flexibility index (Phi) is 6.16. The van der Waals surface area contributed by atoms with Gasteiger partial charge in [-0.15, -0.1) is 0 Å². The van der Waals surface area contributed by atoms with E-state index in [9.17, 15) is 0 Å². The normalized spacial score (nSPS) is 11.4. The summed E-state index contributed by atoms with van der Waals surface area (Å²) in [4.78, 5) is 2.28. The molecular weight excluding hydrogens is 236 g/mol. The van der Waals surface area contributed by atoms with E-state index in [1.165, 1.54) is 24.9 Å². The van der Waals surface area contributed by atoms with Crippen molar-refractivity contribution < 1.29 is 4.74 Å². The van der Waals surface area contributed by atoms with Crippen LogP contribution in [0.3, 0.4) is 0 Å². The minimum absolute atomic E-state index is 0.272. The van der Waals surface area contributed by atoms with Crippen LogP contribution in [0.2, 0.25) is 0 Å². The molecule has 0 fully saturated rings. The van der Waals surface area contributed by atoms with Gasteiger partial charge in [-0.1, -0.05) is 26.3 Å². The van der Waals surface area contributed by atoms with Gasteiger partial charge in [-0.3, -0.25) is 0 Å². The van der Waals surface area contributed by atoms with Crippen LogP contribution in [0, 0.1) is 5.41 Å². The van der Waals surface area contributed by atoms with E-state index in [1.807, 2.05) is 12.1 Å². The second-order valence-corrected chi connectivity index (χ2v) is 5.95. The Morgan fingerprint density at radius 1 is 1.26 bits per heavy atom. The van der Waals surface area contributed by atoms with Gasteiger partial charge in [0, 0.05) is 25.3 Å². The van der Waals surface area contributed by atoms with Gasteiger partial charge in [0.15, 0.2) is 0 Å². The quantitative estimate of drug-likeness (QED) is 0.732. The van der Waals surface area contributed by atoms with Crippen molar-refractivity contribution in [3.05, 3.63) is 24.3 Å². The second-order valence-electron chi connectivity index (χ2n) is 5.95. The van der Waals surface area contributed by atoms with Gasteiger partial charge in [-0.05, 0) is 36.9 Å². The zero-order chi connectivity index (χ0) is 14.3. The SMILES string of the molecule is COc1cccc(N(C)CCCCC(C)(C)CN)c1. The van der Waals surface area contributed by atoms with Gasteiger partial charge in [0.1, 0.15) is 5.75 Å². The van der Waals surface area contributed by atoms with Gasteiger partial charge in [0.25, 0.3) is 0 Å². The Bertz CT molecular complexity index is 377. The summed E-state index contributed by atoms with van der Waals surface area (Å²) in [6, 6.07) is 8.19. The molecule has 3 nitrogen and oxygen atoms in total. The number of nitrogens with zero attached hydrogens (tertiary/aromatic N) is 1. The fourth-order valence-electron chi connectivity index (χ4n) is 2.03. The highest BCUT2D eigenvalue weighted by Crippen LogP contribution is 2.23. The molecule has 0 saturated carbocycles. The van der Waals surface area contributed by atoms with Crippen LogP contribution in [-0.4, -0.2) is 27.2 Å². The lowest BCUT2D eigenvalue weighted by atomic mass is 9.87. The number of anilines is 1. The number of methoxy groups -OCH3 is 1. The maximum absolute atomic E-state index is 5.75. The van der Waals surface area contributed by atoms with Crippen LogP contribution in [0.25, 0.3) is 0 Å².